The first kappa shape index (κ1) is 30.3. The molecule has 2 rings (SSSR count). The van der Waals surface area contributed by atoms with Crippen LogP contribution >= 0.6 is 8.58 Å². The average Bonchev–Trinajstić information content (AvgIpc) is 2.73. The summed E-state index contributed by atoms with van der Waals surface area (Å²) < 4.78 is 102. The van der Waals surface area contributed by atoms with E-state index in [0.29, 0.717) is 18.2 Å². The number of benzene rings is 2. The summed E-state index contributed by atoms with van der Waals surface area (Å²) in [6.45, 7) is 3.12. The first-order valence-electron chi connectivity index (χ1n) is 9.39. The molecule has 0 amide bonds. The van der Waals surface area contributed by atoms with Crippen molar-refractivity contribution in [2.45, 2.75) is 38.8 Å². The second-order valence-corrected chi connectivity index (χ2v) is 7.92. The summed E-state index contributed by atoms with van der Waals surface area (Å²) in [5, 5.41) is 0.0754. The molecule has 0 aromatic heterocycles. The van der Waals surface area contributed by atoms with Crippen molar-refractivity contribution < 1.29 is 50.1 Å². The van der Waals surface area contributed by atoms with Gasteiger partial charge in [0.15, 0.2) is 18.1 Å². The third-order valence-electron chi connectivity index (χ3n) is 4.36. The number of rotatable bonds is 9. The third kappa shape index (κ3) is 7.89. The maximum atomic E-state index is 13.4. The van der Waals surface area contributed by atoms with Gasteiger partial charge >= 0.3 is 31.2 Å². The monoisotopic (exact) mass is 506 g/mol. The van der Waals surface area contributed by atoms with Crippen molar-refractivity contribution in [1.29, 1.82) is 0 Å². The van der Waals surface area contributed by atoms with Crippen LogP contribution in [0.2, 0.25) is 0 Å². The molecule has 3 atom stereocenters. The second-order valence-electron chi connectivity index (χ2n) is 6.68. The van der Waals surface area contributed by atoms with Crippen molar-refractivity contribution in [3.05, 3.63) is 53.1 Å². The zero-order chi connectivity index (χ0) is 25.0. The van der Waals surface area contributed by atoms with Gasteiger partial charge in [-0.15, -0.1) is 0 Å². The van der Waals surface area contributed by atoms with E-state index in [0.717, 1.165) is 0 Å². The summed E-state index contributed by atoms with van der Waals surface area (Å²) in [6, 6.07) is 5.58. The van der Waals surface area contributed by atoms with E-state index in [-0.39, 0.29) is 35.7 Å². The molecule has 0 saturated heterocycles. The Morgan fingerprint density at radius 3 is 1.82 bits per heavy atom. The molecule has 0 aliphatic carbocycles. The van der Waals surface area contributed by atoms with Crippen LogP contribution in [0.4, 0.5) is 26.3 Å². The van der Waals surface area contributed by atoms with E-state index < -0.39 is 55.7 Å². The Balaban J connectivity index is 0.00000578. The van der Waals surface area contributed by atoms with Gasteiger partial charge in [-0.3, -0.25) is 4.79 Å². The molecule has 2 aromatic rings. The van der Waals surface area contributed by atoms with Crippen LogP contribution in [0.5, 0.6) is 11.5 Å². The number of hydrogen-bond donors (Lipinski definition) is 0. The molecule has 13 heteroatoms. The Kier molecular flexibility index (Phi) is 10.9. The molecule has 5 nitrogen and oxygen atoms in total. The van der Waals surface area contributed by atoms with Crippen molar-refractivity contribution in [2.75, 3.05) is 14.2 Å². The molecular formula is C21H22F6LiO5P. The van der Waals surface area contributed by atoms with Gasteiger partial charge in [-0.25, -0.2) is 0 Å². The minimum atomic E-state index is -5.16. The number of halogens is 6. The Morgan fingerprint density at radius 1 is 0.853 bits per heavy atom. The first-order chi connectivity index (χ1) is 15.3. The number of hydrogen-bond acceptors (Lipinski definition) is 5. The Hall–Kier alpha value is -1.76. The van der Waals surface area contributed by atoms with Crippen molar-refractivity contribution >= 4 is 38.3 Å². The Labute approximate surface area is 206 Å². The molecule has 2 aromatic carbocycles. The van der Waals surface area contributed by atoms with Crippen molar-refractivity contribution in [3.63, 3.8) is 0 Å². The molecule has 0 spiro atoms. The SMILES string of the molecule is COC(C)Oc1ccc(PC(=O)c2c(C(F)(F)F)cccc2C(F)(F)F)c(OC(C)OC)c1.[LiH]. The van der Waals surface area contributed by atoms with E-state index in [4.69, 9.17) is 18.9 Å². The molecule has 0 N–H and O–H groups in total. The van der Waals surface area contributed by atoms with Crippen molar-refractivity contribution in [1.82, 2.24) is 0 Å². The van der Waals surface area contributed by atoms with Crippen LogP contribution in [0.3, 0.4) is 0 Å². The fourth-order valence-corrected chi connectivity index (χ4v) is 3.76. The van der Waals surface area contributed by atoms with E-state index in [9.17, 15) is 31.1 Å². The Bertz CT molecular complexity index is 951. The average molecular weight is 506 g/mol. The van der Waals surface area contributed by atoms with E-state index in [1.165, 1.54) is 39.3 Å². The minimum absolute atomic E-state index is 0. The fraction of sp³-hybridized carbons (Fsp3) is 0.381. The number of alkyl halides is 6. The zero-order valence-electron chi connectivity index (χ0n) is 17.9. The van der Waals surface area contributed by atoms with Gasteiger partial charge in [0, 0.05) is 31.2 Å². The molecule has 0 saturated carbocycles. The summed E-state index contributed by atoms with van der Waals surface area (Å²) in [4.78, 5) is 12.8. The molecule has 184 valence electrons. The van der Waals surface area contributed by atoms with Gasteiger partial charge in [-0.2, -0.15) is 26.3 Å². The van der Waals surface area contributed by atoms with E-state index >= 15 is 0 Å². The van der Waals surface area contributed by atoms with Crippen LogP contribution < -0.4 is 14.8 Å². The van der Waals surface area contributed by atoms with Crippen LogP contribution in [0.25, 0.3) is 0 Å². The molecule has 0 fully saturated rings. The summed E-state index contributed by atoms with van der Waals surface area (Å²) >= 11 is 0. The van der Waals surface area contributed by atoms with E-state index in [2.05, 4.69) is 0 Å². The normalized spacial score (nSPS) is 13.9. The maximum absolute atomic E-state index is 13.4. The van der Waals surface area contributed by atoms with Crippen LogP contribution in [-0.4, -0.2) is 51.2 Å². The number of methoxy groups -OCH3 is 2. The predicted molar refractivity (Wildman–Crippen MR) is 117 cm³/mol. The summed E-state index contributed by atoms with van der Waals surface area (Å²) in [5.74, 6) is 0.255. The molecule has 0 aliphatic rings. The van der Waals surface area contributed by atoms with Crippen LogP contribution in [0.15, 0.2) is 36.4 Å². The van der Waals surface area contributed by atoms with Gasteiger partial charge in [0.2, 0.25) is 0 Å². The van der Waals surface area contributed by atoms with Gasteiger partial charge in [0.1, 0.15) is 11.5 Å². The summed E-state index contributed by atoms with van der Waals surface area (Å²) in [5.41, 5.74) is -6.09. The number of ether oxygens (including phenoxy) is 4. The third-order valence-corrected chi connectivity index (χ3v) is 5.52. The van der Waals surface area contributed by atoms with Gasteiger partial charge in [0.05, 0.1) is 11.1 Å². The number of carbonyl (C=O) groups excluding carboxylic acids is 1. The fourth-order valence-electron chi connectivity index (χ4n) is 2.70. The summed E-state index contributed by atoms with van der Waals surface area (Å²) in [7, 11) is 1.63. The van der Waals surface area contributed by atoms with E-state index in [1.807, 2.05) is 0 Å². The topological polar surface area (TPSA) is 54.0 Å². The van der Waals surface area contributed by atoms with Crippen LogP contribution in [-0.2, 0) is 21.8 Å². The van der Waals surface area contributed by atoms with Gasteiger partial charge in [0.25, 0.3) is 0 Å². The van der Waals surface area contributed by atoms with Gasteiger partial charge in [-0.1, -0.05) is 6.07 Å². The predicted octanol–water partition coefficient (Wildman–Crippen LogP) is 4.96. The molecule has 0 aliphatic heterocycles. The second kappa shape index (κ2) is 12.3. The standard InChI is InChI=1S/C21H21F6O5P.Li.H/c1-11(29-3)31-13-8-9-17(16(10-13)32-12(2)30-4)33-19(28)18-14(20(22,23)24)6-5-7-15(18)21(25,26)27;;/h5-12,33H,1-4H3;;. The van der Waals surface area contributed by atoms with Crippen molar-refractivity contribution in [2.24, 2.45) is 0 Å². The Morgan fingerprint density at radius 2 is 1.35 bits per heavy atom. The van der Waals surface area contributed by atoms with Gasteiger partial charge < -0.3 is 18.9 Å². The van der Waals surface area contributed by atoms with Crippen LogP contribution in [0.1, 0.15) is 35.3 Å². The molecular weight excluding hydrogens is 484 g/mol. The molecule has 34 heavy (non-hydrogen) atoms. The number of carbonyl (C=O) groups is 1. The zero-order valence-corrected chi connectivity index (χ0v) is 18.9. The van der Waals surface area contributed by atoms with Gasteiger partial charge in [-0.05, 0) is 46.7 Å². The van der Waals surface area contributed by atoms with Crippen molar-refractivity contribution in [3.8, 4) is 11.5 Å². The molecule has 0 heterocycles. The summed E-state index contributed by atoms with van der Waals surface area (Å²) in [6.07, 6.45) is -11.8. The first-order valence-corrected chi connectivity index (χ1v) is 10.4. The molecule has 0 bridgehead atoms. The molecule has 3 unspecified atom stereocenters. The van der Waals surface area contributed by atoms with Crippen LogP contribution in [0, 0.1) is 0 Å². The van der Waals surface area contributed by atoms with E-state index in [1.54, 1.807) is 6.92 Å². The quantitative estimate of drug-likeness (QED) is 0.208. The molecule has 0 radical (unpaired) electrons.